The fourth-order valence-electron chi connectivity index (χ4n) is 1.96. The van der Waals surface area contributed by atoms with Crippen LogP contribution in [0.1, 0.15) is 78.6 Å². The zero-order valence-electron chi connectivity index (χ0n) is 12.2. The van der Waals surface area contributed by atoms with Gasteiger partial charge in [-0.3, -0.25) is 4.79 Å². The van der Waals surface area contributed by atoms with Gasteiger partial charge in [0.25, 0.3) is 0 Å². The van der Waals surface area contributed by atoms with Gasteiger partial charge in [0.15, 0.2) is 5.78 Å². The molecule has 1 unspecified atom stereocenters. The summed E-state index contributed by atoms with van der Waals surface area (Å²) >= 11 is 0. The van der Waals surface area contributed by atoms with Crippen LogP contribution in [0, 0.1) is 0 Å². The molecule has 0 saturated carbocycles. The van der Waals surface area contributed by atoms with Gasteiger partial charge >= 0.3 is 0 Å². The van der Waals surface area contributed by atoms with Crippen LogP contribution < -0.4 is 0 Å². The summed E-state index contributed by atoms with van der Waals surface area (Å²) in [6.07, 6.45) is 10.2. The Kier molecular flexibility index (Phi) is 9.43. The Morgan fingerprint density at radius 1 is 1.00 bits per heavy atom. The lowest BCUT2D eigenvalue weighted by Gasteiger charge is -2.24. The second-order valence-corrected chi connectivity index (χ2v) is 5.08. The third kappa shape index (κ3) is 6.82. The van der Waals surface area contributed by atoms with Crippen LogP contribution in [0.2, 0.25) is 0 Å². The first-order chi connectivity index (χ1) is 8.10. The number of rotatable bonds is 11. The van der Waals surface area contributed by atoms with Gasteiger partial charge in [-0.15, -0.1) is 0 Å². The molecule has 0 aliphatic carbocycles. The first-order valence-corrected chi connectivity index (χ1v) is 7.19. The Balaban J connectivity index is 3.57. The van der Waals surface area contributed by atoms with E-state index in [1.54, 1.807) is 7.11 Å². The summed E-state index contributed by atoms with van der Waals surface area (Å²) < 4.78 is 5.31. The fourth-order valence-corrected chi connectivity index (χ4v) is 1.96. The summed E-state index contributed by atoms with van der Waals surface area (Å²) in [5.74, 6) is 0.260. The Hall–Kier alpha value is -0.370. The molecule has 0 spiro atoms. The van der Waals surface area contributed by atoms with Crippen molar-refractivity contribution >= 4 is 5.78 Å². The molecule has 17 heavy (non-hydrogen) atoms. The van der Waals surface area contributed by atoms with Gasteiger partial charge in [0.05, 0.1) is 0 Å². The van der Waals surface area contributed by atoms with Crippen molar-refractivity contribution in [3.8, 4) is 0 Å². The molecule has 0 radical (unpaired) electrons. The molecule has 0 heterocycles. The molecule has 0 N–H and O–H groups in total. The highest BCUT2D eigenvalue weighted by atomic mass is 16.5. The standard InChI is InChI=1S/C15H30O2/c1-5-7-8-9-10-11-12-13-14(16)15(3,6-2)17-4/h5-13H2,1-4H3. The number of carbonyl (C=O) groups excluding carboxylic acids is 1. The fraction of sp³-hybridized carbons (Fsp3) is 0.933. The van der Waals surface area contributed by atoms with Crippen molar-refractivity contribution in [2.24, 2.45) is 0 Å². The average molecular weight is 242 g/mol. The van der Waals surface area contributed by atoms with E-state index >= 15 is 0 Å². The highest BCUT2D eigenvalue weighted by Crippen LogP contribution is 2.19. The van der Waals surface area contributed by atoms with Crippen LogP contribution in [0.15, 0.2) is 0 Å². The second kappa shape index (κ2) is 9.64. The zero-order valence-corrected chi connectivity index (χ0v) is 12.2. The predicted molar refractivity (Wildman–Crippen MR) is 73.3 cm³/mol. The molecule has 2 heteroatoms. The normalized spacial score (nSPS) is 14.6. The molecule has 2 nitrogen and oxygen atoms in total. The number of methoxy groups -OCH3 is 1. The summed E-state index contributed by atoms with van der Waals surface area (Å²) in [6, 6.07) is 0. The molecule has 1 atom stereocenters. The topological polar surface area (TPSA) is 26.3 Å². The van der Waals surface area contributed by atoms with E-state index in [0.717, 1.165) is 12.8 Å². The van der Waals surface area contributed by atoms with Gasteiger partial charge in [-0.2, -0.15) is 0 Å². The highest BCUT2D eigenvalue weighted by molar-refractivity contribution is 5.86. The second-order valence-electron chi connectivity index (χ2n) is 5.08. The Morgan fingerprint density at radius 2 is 1.53 bits per heavy atom. The molecule has 0 fully saturated rings. The van der Waals surface area contributed by atoms with Gasteiger partial charge in [-0.05, 0) is 19.8 Å². The molecule has 102 valence electrons. The van der Waals surface area contributed by atoms with Gasteiger partial charge in [-0.25, -0.2) is 0 Å². The number of hydrogen-bond donors (Lipinski definition) is 0. The van der Waals surface area contributed by atoms with Gasteiger partial charge in [0.1, 0.15) is 5.60 Å². The van der Waals surface area contributed by atoms with Gasteiger partial charge < -0.3 is 4.74 Å². The van der Waals surface area contributed by atoms with E-state index in [9.17, 15) is 4.79 Å². The van der Waals surface area contributed by atoms with E-state index < -0.39 is 5.60 Å². The predicted octanol–water partition coefficient (Wildman–Crippen LogP) is 4.51. The van der Waals surface area contributed by atoms with Crippen molar-refractivity contribution in [3.63, 3.8) is 0 Å². The molecule has 0 amide bonds. The molecule has 0 rings (SSSR count). The minimum atomic E-state index is -0.553. The lowest BCUT2D eigenvalue weighted by Crippen LogP contribution is -2.36. The van der Waals surface area contributed by atoms with E-state index in [1.807, 2.05) is 13.8 Å². The molecule has 0 aromatic carbocycles. The van der Waals surface area contributed by atoms with E-state index in [1.165, 1.54) is 38.5 Å². The lowest BCUT2D eigenvalue weighted by molar-refractivity contribution is -0.139. The summed E-state index contributed by atoms with van der Waals surface area (Å²) in [4.78, 5) is 11.9. The van der Waals surface area contributed by atoms with Crippen molar-refractivity contribution in [2.75, 3.05) is 7.11 Å². The molecule has 0 bridgehead atoms. The van der Waals surface area contributed by atoms with Crippen LogP contribution in [0.4, 0.5) is 0 Å². The van der Waals surface area contributed by atoms with Crippen molar-refractivity contribution in [1.82, 2.24) is 0 Å². The smallest absolute Gasteiger partial charge is 0.164 e. The number of carbonyl (C=O) groups is 1. The maximum atomic E-state index is 11.9. The van der Waals surface area contributed by atoms with E-state index in [-0.39, 0.29) is 5.78 Å². The van der Waals surface area contributed by atoms with E-state index in [4.69, 9.17) is 4.74 Å². The molecule has 0 aromatic rings. The number of unbranched alkanes of at least 4 members (excludes halogenated alkanes) is 6. The SMILES string of the molecule is CCCCCCCCCC(=O)C(C)(CC)OC. The zero-order chi connectivity index (χ0) is 13.1. The van der Waals surface area contributed by atoms with Crippen LogP contribution in [0.25, 0.3) is 0 Å². The minimum Gasteiger partial charge on any atom is -0.371 e. The maximum Gasteiger partial charge on any atom is 0.164 e. The van der Waals surface area contributed by atoms with Crippen molar-refractivity contribution in [2.45, 2.75) is 84.2 Å². The third-order valence-electron chi connectivity index (χ3n) is 3.72. The number of Topliss-reactive ketones (excluding diaryl/α,β-unsaturated/α-hetero) is 1. The highest BCUT2D eigenvalue weighted by Gasteiger charge is 2.29. The quantitative estimate of drug-likeness (QED) is 0.498. The van der Waals surface area contributed by atoms with Gasteiger partial charge in [-0.1, -0.05) is 52.4 Å². The lowest BCUT2D eigenvalue weighted by atomic mass is 9.93. The monoisotopic (exact) mass is 242 g/mol. The van der Waals surface area contributed by atoms with Gasteiger partial charge in [0, 0.05) is 13.5 Å². The number of ether oxygens (including phenoxy) is 1. The van der Waals surface area contributed by atoms with Crippen molar-refractivity contribution in [1.29, 1.82) is 0 Å². The van der Waals surface area contributed by atoms with Crippen LogP contribution >= 0.6 is 0 Å². The molecular formula is C15H30O2. The average Bonchev–Trinajstić information content (AvgIpc) is 2.36. The van der Waals surface area contributed by atoms with E-state index in [2.05, 4.69) is 6.92 Å². The molecular weight excluding hydrogens is 212 g/mol. The van der Waals surface area contributed by atoms with Crippen molar-refractivity contribution in [3.05, 3.63) is 0 Å². The van der Waals surface area contributed by atoms with Crippen LogP contribution in [0.5, 0.6) is 0 Å². The van der Waals surface area contributed by atoms with Crippen LogP contribution in [-0.2, 0) is 9.53 Å². The summed E-state index contributed by atoms with van der Waals surface area (Å²) in [6.45, 7) is 6.14. The Morgan fingerprint density at radius 3 is 2.00 bits per heavy atom. The number of hydrogen-bond acceptors (Lipinski definition) is 2. The van der Waals surface area contributed by atoms with Gasteiger partial charge in [0.2, 0.25) is 0 Å². The molecule has 0 aliphatic heterocycles. The van der Waals surface area contributed by atoms with E-state index in [0.29, 0.717) is 6.42 Å². The van der Waals surface area contributed by atoms with Crippen molar-refractivity contribution < 1.29 is 9.53 Å². The molecule has 0 saturated heterocycles. The minimum absolute atomic E-state index is 0.260. The maximum absolute atomic E-state index is 11.9. The Bertz CT molecular complexity index is 195. The van der Waals surface area contributed by atoms with Crippen LogP contribution in [-0.4, -0.2) is 18.5 Å². The first-order valence-electron chi connectivity index (χ1n) is 7.19. The Labute approximate surface area is 107 Å². The third-order valence-corrected chi connectivity index (χ3v) is 3.72. The largest absolute Gasteiger partial charge is 0.371 e. The molecule has 0 aliphatic rings. The number of ketones is 1. The summed E-state index contributed by atoms with van der Waals surface area (Å²) in [5.41, 5.74) is -0.553. The molecule has 0 aromatic heterocycles. The summed E-state index contributed by atoms with van der Waals surface area (Å²) in [7, 11) is 1.63. The summed E-state index contributed by atoms with van der Waals surface area (Å²) in [5, 5.41) is 0. The van der Waals surface area contributed by atoms with Crippen LogP contribution in [0.3, 0.4) is 0 Å². The first kappa shape index (κ1) is 16.6.